The van der Waals surface area contributed by atoms with Crippen molar-refractivity contribution in [2.75, 3.05) is 5.32 Å². The van der Waals surface area contributed by atoms with Crippen LogP contribution in [0.1, 0.15) is 11.1 Å². The molecule has 0 aliphatic carbocycles. The standard InChI is InChI=1S/C16H13BrN2O3/c1-11-6-8-14(13(17)10-11)18-16(20)9-7-12-4-2-3-5-15(12)19(21)22/h2-10H,1H3,(H,18,20)/b9-7+. The summed E-state index contributed by atoms with van der Waals surface area (Å²) in [5.41, 5.74) is 2.05. The number of hydrogen-bond acceptors (Lipinski definition) is 3. The van der Waals surface area contributed by atoms with Crippen LogP contribution in [-0.2, 0) is 4.79 Å². The van der Waals surface area contributed by atoms with Gasteiger partial charge in [0.2, 0.25) is 5.91 Å². The number of halogens is 1. The van der Waals surface area contributed by atoms with Crippen molar-refractivity contribution in [1.82, 2.24) is 0 Å². The molecule has 5 nitrogen and oxygen atoms in total. The van der Waals surface area contributed by atoms with Gasteiger partial charge in [0.25, 0.3) is 5.69 Å². The fraction of sp³-hybridized carbons (Fsp3) is 0.0625. The third-order valence-corrected chi connectivity index (χ3v) is 3.59. The van der Waals surface area contributed by atoms with Gasteiger partial charge < -0.3 is 5.32 Å². The van der Waals surface area contributed by atoms with E-state index in [9.17, 15) is 14.9 Å². The Morgan fingerprint density at radius 2 is 2.00 bits per heavy atom. The molecule has 0 unspecified atom stereocenters. The number of nitro benzene ring substituents is 1. The summed E-state index contributed by atoms with van der Waals surface area (Å²) in [7, 11) is 0. The number of carbonyl (C=O) groups excluding carboxylic acids is 1. The van der Waals surface area contributed by atoms with E-state index >= 15 is 0 Å². The number of benzene rings is 2. The van der Waals surface area contributed by atoms with Crippen LogP contribution in [0, 0.1) is 17.0 Å². The fourth-order valence-electron chi connectivity index (χ4n) is 1.86. The summed E-state index contributed by atoms with van der Waals surface area (Å²) in [5, 5.41) is 13.6. The van der Waals surface area contributed by atoms with Crippen molar-refractivity contribution in [2.45, 2.75) is 6.92 Å². The van der Waals surface area contributed by atoms with Crippen LogP contribution in [0.2, 0.25) is 0 Å². The molecule has 0 aliphatic heterocycles. The van der Waals surface area contributed by atoms with Crippen LogP contribution < -0.4 is 5.32 Å². The number of amides is 1. The van der Waals surface area contributed by atoms with Gasteiger partial charge in [0.15, 0.2) is 0 Å². The zero-order valence-corrected chi connectivity index (χ0v) is 13.3. The highest BCUT2D eigenvalue weighted by Gasteiger charge is 2.10. The Hall–Kier alpha value is -2.47. The Kier molecular flexibility index (Phi) is 5.06. The first-order chi connectivity index (χ1) is 10.5. The summed E-state index contributed by atoms with van der Waals surface area (Å²) >= 11 is 3.37. The molecule has 1 N–H and O–H groups in total. The summed E-state index contributed by atoms with van der Waals surface area (Å²) in [6, 6.07) is 11.8. The molecule has 0 aromatic heterocycles. The molecule has 0 heterocycles. The zero-order chi connectivity index (χ0) is 16.1. The number of hydrogen-bond donors (Lipinski definition) is 1. The number of anilines is 1. The minimum atomic E-state index is -0.478. The number of para-hydroxylation sites is 1. The first kappa shape index (κ1) is 15.9. The lowest BCUT2D eigenvalue weighted by molar-refractivity contribution is -0.385. The van der Waals surface area contributed by atoms with Gasteiger partial charge in [0.05, 0.1) is 16.2 Å². The van der Waals surface area contributed by atoms with Gasteiger partial charge in [-0.05, 0) is 52.7 Å². The average molecular weight is 361 g/mol. The smallest absolute Gasteiger partial charge is 0.276 e. The van der Waals surface area contributed by atoms with E-state index < -0.39 is 4.92 Å². The highest BCUT2D eigenvalue weighted by Crippen LogP contribution is 2.23. The van der Waals surface area contributed by atoms with E-state index in [0.717, 1.165) is 10.0 Å². The number of nitro groups is 1. The second-order valence-corrected chi connectivity index (χ2v) is 5.48. The van der Waals surface area contributed by atoms with E-state index in [1.54, 1.807) is 24.3 Å². The van der Waals surface area contributed by atoms with Crippen molar-refractivity contribution in [3.63, 3.8) is 0 Å². The molecule has 0 saturated carbocycles. The van der Waals surface area contributed by atoms with E-state index in [2.05, 4.69) is 21.2 Å². The van der Waals surface area contributed by atoms with Gasteiger partial charge in [-0.3, -0.25) is 14.9 Å². The summed E-state index contributed by atoms with van der Waals surface area (Å²) in [4.78, 5) is 22.3. The third-order valence-electron chi connectivity index (χ3n) is 2.93. The Labute approximate surface area is 135 Å². The Balaban J connectivity index is 2.14. The molecule has 0 atom stereocenters. The lowest BCUT2D eigenvalue weighted by atomic mass is 10.1. The maximum absolute atomic E-state index is 11.9. The minimum absolute atomic E-state index is 0.0388. The van der Waals surface area contributed by atoms with E-state index in [-0.39, 0.29) is 11.6 Å². The first-order valence-electron chi connectivity index (χ1n) is 6.46. The van der Waals surface area contributed by atoms with Crippen LogP contribution in [0.25, 0.3) is 6.08 Å². The Morgan fingerprint density at radius 1 is 1.27 bits per heavy atom. The number of carbonyl (C=O) groups is 1. The van der Waals surface area contributed by atoms with E-state index in [1.807, 2.05) is 19.1 Å². The number of aryl methyl sites for hydroxylation is 1. The number of nitrogens with one attached hydrogen (secondary N) is 1. The van der Waals surface area contributed by atoms with E-state index in [0.29, 0.717) is 11.3 Å². The van der Waals surface area contributed by atoms with Crippen molar-refractivity contribution in [3.05, 3.63) is 74.3 Å². The van der Waals surface area contributed by atoms with Gasteiger partial charge in [-0.1, -0.05) is 18.2 Å². The van der Waals surface area contributed by atoms with Crippen LogP contribution in [0.3, 0.4) is 0 Å². The molecule has 112 valence electrons. The van der Waals surface area contributed by atoms with E-state index in [4.69, 9.17) is 0 Å². The summed E-state index contributed by atoms with van der Waals surface area (Å²) in [5.74, 6) is -0.359. The minimum Gasteiger partial charge on any atom is -0.321 e. The van der Waals surface area contributed by atoms with Crippen molar-refractivity contribution in [1.29, 1.82) is 0 Å². The topological polar surface area (TPSA) is 72.2 Å². The molecule has 0 fully saturated rings. The predicted octanol–water partition coefficient (Wildman–Crippen LogP) is 4.32. The molecule has 1 amide bonds. The second kappa shape index (κ2) is 7.00. The quantitative estimate of drug-likeness (QED) is 0.501. The third kappa shape index (κ3) is 4.02. The van der Waals surface area contributed by atoms with Crippen molar-refractivity contribution in [2.24, 2.45) is 0 Å². The van der Waals surface area contributed by atoms with Gasteiger partial charge in [-0.25, -0.2) is 0 Å². The lowest BCUT2D eigenvalue weighted by Crippen LogP contribution is -2.08. The number of rotatable bonds is 4. The molecular formula is C16H13BrN2O3. The van der Waals surface area contributed by atoms with Gasteiger partial charge in [-0.15, -0.1) is 0 Å². The van der Waals surface area contributed by atoms with Crippen LogP contribution in [0.4, 0.5) is 11.4 Å². The SMILES string of the molecule is Cc1ccc(NC(=O)/C=C/c2ccccc2[N+](=O)[O-])c(Br)c1. The molecule has 2 aromatic rings. The van der Waals surface area contributed by atoms with Crippen LogP contribution in [0.15, 0.2) is 53.0 Å². The van der Waals surface area contributed by atoms with Crippen molar-refractivity contribution >= 4 is 39.3 Å². The highest BCUT2D eigenvalue weighted by atomic mass is 79.9. The van der Waals surface area contributed by atoms with Crippen molar-refractivity contribution < 1.29 is 9.72 Å². The Bertz CT molecular complexity index is 757. The molecule has 0 saturated heterocycles. The maximum Gasteiger partial charge on any atom is 0.276 e. The molecule has 22 heavy (non-hydrogen) atoms. The fourth-order valence-corrected chi connectivity index (χ4v) is 2.45. The van der Waals surface area contributed by atoms with Crippen LogP contribution in [-0.4, -0.2) is 10.8 Å². The summed E-state index contributed by atoms with van der Waals surface area (Å²) in [6.45, 7) is 1.95. The average Bonchev–Trinajstić information content (AvgIpc) is 2.48. The molecule has 2 rings (SSSR count). The van der Waals surface area contributed by atoms with Gasteiger partial charge in [-0.2, -0.15) is 0 Å². The van der Waals surface area contributed by atoms with Gasteiger partial charge >= 0.3 is 0 Å². The summed E-state index contributed by atoms with van der Waals surface area (Å²) in [6.07, 6.45) is 2.70. The van der Waals surface area contributed by atoms with E-state index in [1.165, 1.54) is 18.2 Å². The lowest BCUT2D eigenvalue weighted by Gasteiger charge is -2.05. The Morgan fingerprint density at radius 3 is 2.68 bits per heavy atom. The molecule has 0 spiro atoms. The molecule has 6 heteroatoms. The van der Waals surface area contributed by atoms with Crippen molar-refractivity contribution in [3.8, 4) is 0 Å². The zero-order valence-electron chi connectivity index (χ0n) is 11.7. The molecule has 0 bridgehead atoms. The molecular weight excluding hydrogens is 348 g/mol. The first-order valence-corrected chi connectivity index (χ1v) is 7.25. The summed E-state index contributed by atoms with van der Waals surface area (Å²) < 4.78 is 0.778. The largest absolute Gasteiger partial charge is 0.321 e. The van der Waals surface area contributed by atoms with Gasteiger partial charge in [0.1, 0.15) is 0 Å². The van der Waals surface area contributed by atoms with Gasteiger partial charge in [0, 0.05) is 16.6 Å². The second-order valence-electron chi connectivity index (χ2n) is 4.62. The van der Waals surface area contributed by atoms with Crippen LogP contribution >= 0.6 is 15.9 Å². The highest BCUT2D eigenvalue weighted by molar-refractivity contribution is 9.10. The monoisotopic (exact) mass is 360 g/mol. The predicted molar refractivity (Wildman–Crippen MR) is 89.6 cm³/mol. The molecule has 0 aliphatic rings. The molecule has 2 aromatic carbocycles. The van der Waals surface area contributed by atoms with Crippen LogP contribution in [0.5, 0.6) is 0 Å². The maximum atomic E-state index is 11.9. The normalized spacial score (nSPS) is 10.6. The number of nitrogens with zero attached hydrogens (tertiary/aromatic N) is 1. The molecule has 0 radical (unpaired) electrons.